The predicted octanol–water partition coefficient (Wildman–Crippen LogP) is 5.46. The quantitative estimate of drug-likeness (QED) is 0.262. The highest BCUT2D eigenvalue weighted by molar-refractivity contribution is 5.94. The van der Waals surface area contributed by atoms with E-state index in [1.54, 1.807) is 12.1 Å². The highest BCUT2D eigenvalue weighted by atomic mass is 19.4. The Hall–Kier alpha value is -4.68. The molecule has 2 aromatic heterocycles. The van der Waals surface area contributed by atoms with Crippen LogP contribution in [0.1, 0.15) is 57.5 Å². The van der Waals surface area contributed by atoms with Gasteiger partial charge in [-0.1, -0.05) is 12.1 Å². The van der Waals surface area contributed by atoms with Gasteiger partial charge in [-0.3, -0.25) is 19.3 Å². The van der Waals surface area contributed by atoms with Gasteiger partial charge in [-0.2, -0.15) is 18.3 Å². The average Bonchev–Trinajstić information content (AvgIpc) is 3.31. The molecule has 0 saturated carbocycles. The highest BCUT2D eigenvalue weighted by Crippen LogP contribution is 2.36. The largest absolute Gasteiger partial charge is 0.435 e. The molecule has 1 atom stereocenters. The lowest BCUT2D eigenvalue weighted by atomic mass is 9.94. The molecule has 0 spiro atoms. The topological polar surface area (TPSA) is 103 Å². The maximum atomic E-state index is 14.2. The minimum Gasteiger partial charge on any atom is -0.366 e. The van der Waals surface area contributed by atoms with E-state index in [1.165, 1.54) is 18.3 Å². The molecule has 2 aromatic carbocycles. The van der Waals surface area contributed by atoms with Crippen molar-refractivity contribution in [3.63, 3.8) is 0 Å². The summed E-state index contributed by atoms with van der Waals surface area (Å²) < 4.78 is 84.4. The van der Waals surface area contributed by atoms with Crippen LogP contribution in [0, 0.1) is 17.5 Å². The number of rotatable bonds is 8. The second-order valence-corrected chi connectivity index (χ2v) is 10.2. The lowest BCUT2D eigenvalue weighted by Crippen LogP contribution is -2.34. The average molecular weight is 602 g/mol. The van der Waals surface area contributed by atoms with Gasteiger partial charge in [-0.25, -0.2) is 13.2 Å². The molecule has 3 N–H and O–H groups in total. The van der Waals surface area contributed by atoms with Gasteiger partial charge in [0, 0.05) is 29.1 Å². The van der Waals surface area contributed by atoms with Gasteiger partial charge in [0.15, 0.2) is 5.69 Å². The Balaban J connectivity index is 1.52. The van der Waals surface area contributed by atoms with Crippen molar-refractivity contribution in [1.82, 2.24) is 20.1 Å². The Morgan fingerprint density at radius 2 is 1.72 bits per heavy atom. The van der Waals surface area contributed by atoms with Crippen molar-refractivity contribution >= 4 is 11.8 Å². The smallest absolute Gasteiger partial charge is 0.366 e. The summed E-state index contributed by atoms with van der Waals surface area (Å²) in [4.78, 5) is 29.5. The first-order valence-electron chi connectivity index (χ1n) is 13.4. The number of aromatic nitrogens is 3. The number of carbonyl (C=O) groups is 2. The van der Waals surface area contributed by atoms with Gasteiger partial charge in [-0.15, -0.1) is 0 Å². The summed E-state index contributed by atoms with van der Waals surface area (Å²) in [6.07, 6.45) is -1.70. The van der Waals surface area contributed by atoms with E-state index in [2.05, 4.69) is 15.4 Å². The number of hydrogen-bond acceptors (Lipinski definition) is 4. The Bertz CT molecular complexity index is 1680. The molecule has 0 aliphatic heterocycles. The summed E-state index contributed by atoms with van der Waals surface area (Å²) in [5, 5.41) is 6.46. The maximum Gasteiger partial charge on any atom is 0.435 e. The van der Waals surface area contributed by atoms with Crippen molar-refractivity contribution in [2.24, 2.45) is 5.73 Å². The maximum absolute atomic E-state index is 14.2. The fourth-order valence-corrected chi connectivity index (χ4v) is 5.41. The number of primary amides is 1. The molecule has 5 rings (SSSR count). The van der Waals surface area contributed by atoms with E-state index in [0.717, 1.165) is 22.9 Å². The zero-order valence-electron chi connectivity index (χ0n) is 22.5. The monoisotopic (exact) mass is 601 g/mol. The van der Waals surface area contributed by atoms with Crippen LogP contribution in [-0.4, -0.2) is 26.6 Å². The number of alkyl halides is 3. The number of hydrogen-bond donors (Lipinski definition) is 2. The number of nitrogens with zero attached hydrogens (tertiary/aromatic N) is 3. The van der Waals surface area contributed by atoms with Crippen LogP contribution in [0.15, 0.2) is 54.7 Å². The van der Waals surface area contributed by atoms with E-state index in [4.69, 9.17) is 5.73 Å². The lowest BCUT2D eigenvalue weighted by Gasteiger charge is -2.22. The van der Waals surface area contributed by atoms with Gasteiger partial charge in [-0.05, 0) is 73.6 Å². The molecule has 4 aromatic rings. The molecule has 0 unspecified atom stereocenters. The third kappa shape index (κ3) is 6.55. The molecule has 7 nitrogen and oxygen atoms in total. The summed E-state index contributed by atoms with van der Waals surface area (Å²) in [6.45, 7) is -0.545. The number of halogens is 6. The van der Waals surface area contributed by atoms with Gasteiger partial charge in [0.05, 0.1) is 17.3 Å². The third-order valence-electron chi connectivity index (χ3n) is 7.23. The van der Waals surface area contributed by atoms with E-state index in [-0.39, 0.29) is 35.2 Å². The SMILES string of the molecule is NC(=O)c1cc(-c2cccnc2[C@H](Cc2cc(F)cc(F)c2)NC(=O)Cn2nc(C(F)(F)F)c3c2CCCC3)ccc1F. The fourth-order valence-electron chi connectivity index (χ4n) is 5.41. The second-order valence-electron chi connectivity index (χ2n) is 10.2. The van der Waals surface area contributed by atoms with Crippen LogP contribution in [0.2, 0.25) is 0 Å². The molecule has 1 aliphatic carbocycles. The van der Waals surface area contributed by atoms with Crippen LogP contribution < -0.4 is 11.1 Å². The molecule has 2 heterocycles. The molecular formula is C30H25F6N5O2. The van der Waals surface area contributed by atoms with E-state index >= 15 is 0 Å². The first-order chi connectivity index (χ1) is 20.4. The van der Waals surface area contributed by atoms with E-state index in [0.29, 0.717) is 42.1 Å². The predicted molar refractivity (Wildman–Crippen MR) is 143 cm³/mol. The number of fused-ring (bicyclic) bond motifs is 1. The van der Waals surface area contributed by atoms with Gasteiger partial charge >= 0.3 is 6.18 Å². The van der Waals surface area contributed by atoms with Crippen molar-refractivity contribution in [2.75, 3.05) is 0 Å². The highest BCUT2D eigenvalue weighted by Gasteiger charge is 2.39. The second kappa shape index (κ2) is 11.9. The first kappa shape index (κ1) is 29.8. The zero-order chi connectivity index (χ0) is 30.9. The minimum atomic E-state index is -4.69. The fraction of sp³-hybridized carbons (Fsp3) is 0.267. The zero-order valence-corrected chi connectivity index (χ0v) is 22.5. The van der Waals surface area contributed by atoms with E-state index in [9.17, 15) is 35.9 Å². The molecular weight excluding hydrogens is 576 g/mol. The molecule has 224 valence electrons. The first-order valence-corrected chi connectivity index (χ1v) is 13.4. The number of amides is 2. The Morgan fingerprint density at radius 3 is 2.42 bits per heavy atom. The molecule has 0 fully saturated rings. The molecule has 13 heteroatoms. The Labute approximate surface area is 241 Å². The molecule has 2 amide bonds. The van der Waals surface area contributed by atoms with Gasteiger partial charge in [0.2, 0.25) is 5.91 Å². The normalized spacial score (nSPS) is 13.8. The number of carbonyl (C=O) groups excluding carboxylic acids is 2. The van der Waals surface area contributed by atoms with Crippen LogP contribution in [0.5, 0.6) is 0 Å². The number of benzene rings is 2. The summed E-state index contributed by atoms with van der Waals surface area (Å²) >= 11 is 0. The van der Waals surface area contributed by atoms with Crippen LogP contribution in [0.4, 0.5) is 26.3 Å². The summed E-state index contributed by atoms with van der Waals surface area (Å²) in [6, 6.07) is 8.56. The van der Waals surface area contributed by atoms with Crippen molar-refractivity contribution in [2.45, 2.75) is 50.9 Å². The van der Waals surface area contributed by atoms with Gasteiger partial charge < -0.3 is 11.1 Å². The Morgan fingerprint density at radius 1 is 1.00 bits per heavy atom. The molecule has 0 radical (unpaired) electrons. The summed E-state index contributed by atoms with van der Waals surface area (Å²) in [5.74, 6) is -4.28. The van der Waals surface area contributed by atoms with Crippen LogP contribution in [0.25, 0.3) is 11.1 Å². The molecule has 43 heavy (non-hydrogen) atoms. The number of nitrogens with two attached hydrogens (primary N) is 1. The Kier molecular flexibility index (Phi) is 8.25. The van der Waals surface area contributed by atoms with E-state index < -0.39 is 53.7 Å². The van der Waals surface area contributed by atoms with E-state index in [1.807, 2.05) is 0 Å². The van der Waals surface area contributed by atoms with Crippen molar-refractivity contribution < 1.29 is 35.9 Å². The van der Waals surface area contributed by atoms with Crippen LogP contribution >= 0.6 is 0 Å². The van der Waals surface area contributed by atoms with Crippen molar-refractivity contribution in [3.8, 4) is 11.1 Å². The standard InChI is InChI=1S/C30H25F6N5O2/c31-18-10-16(11-19(32)14-18)12-24(27-20(5-3-9-38-27)17-7-8-23(33)22(13-17)29(37)43)39-26(42)15-41-25-6-2-1-4-21(25)28(40-41)30(34,35)36/h3,5,7-11,13-14,24H,1-2,4,6,12,15H2,(H2,37,43)(H,39,42)/t24-/m0/s1. The lowest BCUT2D eigenvalue weighted by molar-refractivity contribution is -0.142. The number of nitrogens with one attached hydrogen (secondary N) is 1. The molecule has 1 aliphatic rings. The minimum absolute atomic E-state index is 0.0758. The van der Waals surface area contributed by atoms with Gasteiger partial charge in [0.25, 0.3) is 5.91 Å². The van der Waals surface area contributed by atoms with Crippen molar-refractivity contribution in [3.05, 3.63) is 106 Å². The van der Waals surface area contributed by atoms with Crippen molar-refractivity contribution in [1.29, 1.82) is 0 Å². The summed E-state index contributed by atoms with van der Waals surface area (Å²) in [7, 11) is 0. The summed E-state index contributed by atoms with van der Waals surface area (Å²) in [5.41, 5.74) is 5.34. The molecule has 0 saturated heterocycles. The molecule has 0 bridgehead atoms. The van der Waals surface area contributed by atoms with Crippen LogP contribution in [-0.2, 0) is 36.8 Å². The van der Waals surface area contributed by atoms with Gasteiger partial charge in [0.1, 0.15) is 24.0 Å². The number of pyridine rings is 1. The van der Waals surface area contributed by atoms with Crippen LogP contribution in [0.3, 0.4) is 0 Å². The third-order valence-corrected chi connectivity index (χ3v) is 7.23.